The number of aromatic nitrogens is 2. The summed E-state index contributed by atoms with van der Waals surface area (Å²) in [7, 11) is 0. The van der Waals surface area contributed by atoms with E-state index in [2.05, 4.69) is 15.3 Å². The molecule has 1 unspecified atom stereocenters. The van der Waals surface area contributed by atoms with Crippen LogP contribution in [0, 0.1) is 0 Å². The molecule has 0 radical (unpaired) electrons. The van der Waals surface area contributed by atoms with Crippen LogP contribution >= 0.6 is 0 Å². The van der Waals surface area contributed by atoms with Crippen LogP contribution in [-0.4, -0.2) is 29.2 Å². The molecule has 0 bridgehead atoms. The molecule has 0 aliphatic heterocycles. The maximum Gasteiger partial charge on any atom is 0.129 e. The lowest BCUT2D eigenvalue weighted by Crippen LogP contribution is -2.20. The van der Waals surface area contributed by atoms with Gasteiger partial charge in [0.1, 0.15) is 12.1 Å². The van der Waals surface area contributed by atoms with E-state index >= 15 is 0 Å². The van der Waals surface area contributed by atoms with E-state index in [-0.39, 0.29) is 6.10 Å². The summed E-state index contributed by atoms with van der Waals surface area (Å²) in [6.07, 6.45) is 3.44. The van der Waals surface area contributed by atoms with Crippen LogP contribution in [0.15, 0.2) is 18.6 Å². The summed E-state index contributed by atoms with van der Waals surface area (Å²) in [5, 5.41) is 3.15. The van der Waals surface area contributed by atoms with Crippen molar-refractivity contribution in [2.45, 2.75) is 20.0 Å². The van der Waals surface area contributed by atoms with Crippen molar-refractivity contribution in [2.75, 3.05) is 18.5 Å². The molecule has 0 spiro atoms. The fourth-order valence-electron chi connectivity index (χ4n) is 0.987. The first-order valence-electron chi connectivity index (χ1n) is 4.44. The molecule has 0 aliphatic carbocycles. The molecular formula is C9H15N3O. The van der Waals surface area contributed by atoms with Gasteiger partial charge in [-0.25, -0.2) is 9.97 Å². The molecule has 0 fully saturated rings. The standard InChI is InChI=1S/C9H15N3O/c1-3-13-8(2)6-11-9-4-5-10-7-12-9/h4-5,7-8H,3,6H2,1-2H3,(H,10,11,12). The molecule has 0 aromatic carbocycles. The van der Waals surface area contributed by atoms with Crippen molar-refractivity contribution in [2.24, 2.45) is 0 Å². The zero-order chi connectivity index (χ0) is 9.52. The van der Waals surface area contributed by atoms with Gasteiger partial charge in [0, 0.05) is 19.3 Å². The summed E-state index contributed by atoms with van der Waals surface area (Å²) >= 11 is 0. The van der Waals surface area contributed by atoms with Gasteiger partial charge in [-0.1, -0.05) is 0 Å². The smallest absolute Gasteiger partial charge is 0.129 e. The molecule has 13 heavy (non-hydrogen) atoms. The summed E-state index contributed by atoms with van der Waals surface area (Å²) in [6.45, 7) is 5.52. The van der Waals surface area contributed by atoms with Crippen molar-refractivity contribution in [3.63, 3.8) is 0 Å². The molecule has 0 aliphatic rings. The van der Waals surface area contributed by atoms with Gasteiger partial charge in [-0.05, 0) is 19.9 Å². The highest BCUT2D eigenvalue weighted by molar-refractivity contribution is 5.31. The quantitative estimate of drug-likeness (QED) is 0.744. The molecule has 1 atom stereocenters. The molecule has 1 aromatic heterocycles. The Kier molecular flexibility index (Phi) is 4.18. The number of rotatable bonds is 5. The van der Waals surface area contributed by atoms with Gasteiger partial charge in [0.2, 0.25) is 0 Å². The highest BCUT2D eigenvalue weighted by atomic mass is 16.5. The second-order valence-electron chi connectivity index (χ2n) is 2.74. The van der Waals surface area contributed by atoms with Gasteiger partial charge in [0.15, 0.2) is 0 Å². The highest BCUT2D eigenvalue weighted by Crippen LogP contribution is 1.99. The first kappa shape index (κ1) is 9.92. The summed E-state index contributed by atoms with van der Waals surface area (Å²) in [5.41, 5.74) is 0. The number of anilines is 1. The monoisotopic (exact) mass is 181 g/mol. The zero-order valence-electron chi connectivity index (χ0n) is 8.03. The first-order valence-corrected chi connectivity index (χ1v) is 4.44. The SMILES string of the molecule is CCOC(C)CNc1ccncn1. The molecule has 4 nitrogen and oxygen atoms in total. The van der Waals surface area contributed by atoms with Gasteiger partial charge in [-0.15, -0.1) is 0 Å². The molecule has 4 heteroatoms. The number of hydrogen-bond acceptors (Lipinski definition) is 4. The van der Waals surface area contributed by atoms with E-state index in [1.165, 1.54) is 6.33 Å². The Balaban J connectivity index is 2.27. The number of ether oxygens (including phenoxy) is 1. The molecule has 1 rings (SSSR count). The highest BCUT2D eigenvalue weighted by Gasteiger charge is 1.99. The summed E-state index contributed by atoms with van der Waals surface area (Å²) in [6, 6.07) is 1.83. The minimum absolute atomic E-state index is 0.208. The van der Waals surface area contributed by atoms with Gasteiger partial charge >= 0.3 is 0 Å². The lowest BCUT2D eigenvalue weighted by Gasteiger charge is -2.12. The van der Waals surface area contributed by atoms with E-state index in [9.17, 15) is 0 Å². The van der Waals surface area contributed by atoms with Crippen LogP contribution in [0.25, 0.3) is 0 Å². The average Bonchev–Trinajstić information content (AvgIpc) is 2.17. The lowest BCUT2D eigenvalue weighted by molar-refractivity contribution is 0.0855. The third-order valence-corrected chi connectivity index (χ3v) is 1.60. The maximum absolute atomic E-state index is 5.36. The second-order valence-corrected chi connectivity index (χ2v) is 2.74. The normalized spacial score (nSPS) is 12.5. The van der Waals surface area contributed by atoms with Gasteiger partial charge in [-0.2, -0.15) is 0 Å². The van der Waals surface area contributed by atoms with Gasteiger partial charge in [0.25, 0.3) is 0 Å². The zero-order valence-corrected chi connectivity index (χ0v) is 8.03. The fourth-order valence-corrected chi connectivity index (χ4v) is 0.987. The van der Waals surface area contributed by atoms with Crippen molar-refractivity contribution in [3.05, 3.63) is 18.6 Å². The minimum atomic E-state index is 0.208. The molecule has 0 saturated heterocycles. The van der Waals surface area contributed by atoms with Gasteiger partial charge < -0.3 is 10.1 Å². The largest absolute Gasteiger partial charge is 0.377 e. The lowest BCUT2D eigenvalue weighted by atomic mass is 10.4. The van der Waals surface area contributed by atoms with Crippen molar-refractivity contribution >= 4 is 5.82 Å². The van der Waals surface area contributed by atoms with Crippen molar-refractivity contribution in [1.82, 2.24) is 9.97 Å². The third kappa shape index (κ3) is 3.85. The van der Waals surface area contributed by atoms with Crippen LogP contribution in [-0.2, 0) is 4.74 Å². The molecular weight excluding hydrogens is 166 g/mol. The molecule has 0 saturated carbocycles. The van der Waals surface area contributed by atoms with E-state index in [4.69, 9.17) is 4.74 Å². The summed E-state index contributed by atoms with van der Waals surface area (Å²) in [5.74, 6) is 0.835. The third-order valence-electron chi connectivity index (χ3n) is 1.60. The van der Waals surface area contributed by atoms with Gasteiger partial charge in [0.05, 0.1) is 6.10 Å². The molecule has 1 aromatic rings. The minimum Gasteiger partial charge on any atom is -0.377 e. The molecule has 1 heterocycles. The Morgan fingerprint density at radius 3 is 3.08 bits per heavy atom. The second kappa shape index (κ2) is 5.48. The van der Waals surface area contributed by atoms with Crippen LogP contribution in [0.1, 0.15) is 13.8 Å². The van der Waals surface area contributed by atoms with E-state index in [0.717, 1.165) is 19.0 Å². The van der Waals surface area contributed by atoms with Crippen LogP contribution in [0.3, 0.4) is 0 Å². The van der Waals surface area contributed by atoms with Crippen LogP contribution in [0.5, 0.6) is 0 Å². The summed E-state index contributed by atoms with van der Waals surface area (Å²) in [4.78, 5) is 7.86. The Morgan fingerprint density at radius 1 is 1.62 bits per heavy atom. The van der Waals surface area contributed by atoms with Gasteiger partial charge in [-0.3, -0.25) is 0 Å². The first-order chi connectivity index (χ1) is 6.33. The van der Waals surface area contributed by atoms with Crippen LogP contribution < -0.4 is 5.32 Å². The van der Waals surface area contributed by atoms with E-state index < -0.39 is 0 Å². The number of nitrogens with zero attached hydrogens (tertiary/aromatic N) is 2. The predicted octanol–water partition coefficient (Wildman–Crippen LogP) is 1.31. The Labute approximate surface area is 78.4 Å². The van der Waals surface area contributed by atoms with E-state index in [1.807, 2.05) is 19.9 Å². The predicted molar refractivity (Wildman–Crippen MR) is 51.6 cm³/mol. The van der Waals surface area contributed by atoms with E-state index in [1.54, 1.807) is 6.20 Å². The number of hydrogen-bond donors (Lipinski definition) is 1. The molecule has 0 amide bonds. The topological polar surface area (TPSA) is 47.0 Å². The van der Waals surface area contributed by atoms with Crippen LogP contribution in [0.4, 0.5) is 5.82 Å². The molecule has 72 valence electrons. The van der Waals surface area contributed by atoms with Crippen molar-refractivity contribution < 1.29 is 4.74 Å². The maximum atomic E-state index is 5.36. The average molecular weight is 181 g/mol. The Hall–Kier alpha value is -1.16. The van der Waals surface area contributed by atoms with Crippen molar-refractivity contribution in [3.8, 4) is 0 Å². The Bertz CT molecular complexity index is 228. The van der Waals surface area contributed by atoms with E-state index in [0.29, 0.717) is 0 Å². The molecule has 1 N–H and O–H groups in total. The fraction of sp³-hybridized carbons (Fsp3) is 0.556. The Morgan fingerprint density at radius 2 is 2.46 bits per heavy atom. The summed E-state index contributed by atoms with van der Waals surface area (Å²) < 4.78 is 5.36. The van der Waals surface area contributed by atoms with Crippen LogP contribution in [0.2, 0.25) is 0 Å². The number of nitrogens with one attached hydrogen (secondary N) is 1. The van der Waals surface area contributed by atoms with Crippen molar-refractivity contribution in [1.29, 1.82) is 0 Å².